The Labute approximate surface area is 173 Å². The number of hydrogen-bond acceptors (Lipinski definition) is 4. The Morgan fingerprint density at radius 3 is 2.34 bits per heavy atom. The summed E-state index contributed by atoms with van der Waals surface area (Å²) in [4.78, 5) is 16.8. The van der Waals surface area contributed by atoms with Crippen LogP contribution in [-0.4, -0.2) is 62.8 Å². The molecule has 2 aromatic carbocycles. The highest BCUT2D eigenvalue weighted by atomic mass is 16.5. The minimum absolute atomic E-state index is 0.0104. The lowest BCUT2D eigenvalue weighted by atomic mass is 10.1. The molecule has 1 heterocycles. The molecule has 0 saturated carbocycles. The molecule has 0 aliphatic carbocycles. The van der Waals surface area contributed by atoms with Crippen molar-refractivity contribution in [3.8, 4) is 11.5 Å². The second-order valence-electron chi connectivity index (χ2n) is 7.27. The van der Waals surface area contributed by atoms with Gasteiger partial charge in [0.2, 0.25) is 0 Å². The number of rotatable bonds is 8. The Morgan fingerprint density at radius 1 is 0.931 bits per heavy atom. The highest BCUT2D eigenvalue weighted by Crippen LogP contribution is 2.27. The van der Waals surface area contributed by atoms with Gasteiger partial charge in [-0.05, 0) is 42.6 Å². The van der Waals surface area contributed by atoms with Crippen molar-refractivity contribution in [2.45, 2.75) is 19.4 Å². The molecule has 29 heavy (non-hydrogen) atoms. The number of nitrogens with one attached hydrogen (secondary N) is 1. The fourth-order valence-corrected chi connectivity index (χ4v) is 3.61. The van der Waals surface area contributed by atoms with Crippen molar-refractivity contribution in [3.05, 3.63) is 59.7 Å². The van der Waals surface area contributed by atoms with Gasteiger partial charge in [-0.25, -0.2) is 4.79 Å². The first kappa shape index (κ1) is 21.0. The Morgan fingerprint density at radius 2 is 1.66 bits per heavy atom. The first-order valence-corrected chi connectivity index (χ1v) is 10.2. The first-order chi connectivity index (χ1) is 14.2. The molecule has 3 rings (SSSR count). The molecule has 1 saturated heterocycles. The van der Waals surface area contributed by atoms with Crippen molar-refractivity contribution in [1.82, 2.24) is 15.1 Å². The molecule has 2 aromatic rings. The largest absolute Gasteiger partial charge is 0.493 e. The van der Waals surface area contributed by atoms with E-state index in [1.807, 2.05) is 23.1 Å². The van der Waals surface area contributed by atoms with Crippen LogP contribution in [-0.2, 0) is 13.0 Å². The number of carbonyl (C=O) groups is 1. The lowest BCUT2D eigenvalue weighted by molar-refractivity contribution is 0.138. The van der Waals surface area contributed by atoms with Crippen molar-refractivity contribution < 1.29 is 14.3 Å². The molecular weight excluding hydrogens is 366 g/mol. The van der Waals surface area contributed by atoms with E-state index in [0.717, 1.165) is 51.1 Å². The molecule has 6 heteroatoms. The van der Waals surface area contributed by atoms with Gasteiger partial charge in [0.05, 0.1) is 14.2 Å². The van der Waals surface area contributed by atoms with Gasteiger partial charge in [-0.3, -0.25) is 4.90 Å². The van der Waals surface area contributed by atoms with E-state index in [1.54, 1.807) is 14.2 Å². The van der Waals surface area contributed by atoms with E-state index in [9.17, 15) is 4.79 Å². The third kappa shape index (κ3) is 6.12. The van der Waals surface area contributed by atoms with Gasteiger partial charge in [0.25, 0.3) is 0 Å². The van der Waals surface area contributed by atoms with E-state index in [-0.39, 0.29) is 6.03 Å². The highest BCUT2D eigenvalue weighted by Gasteiger charge is 2.20. The average molecular weight is 398 g/mol. The molecule has 0 bridgehead atoms. The zero-order chi connectivity index (χ0) is 20.5. The van der Waals surface area contributed by atoms with E-state index in [2.05, 4.69) is 40.5 Å². The highest BCUT2D eigenvalue weighted by molar-refractivity contribution is 5.74. The number of nitrogens with zero attached hydrogens (tertiary/aromatic N) is 2. The Bertz CT molecular complexity index is 774. The molecule has 1 fully saturated rings. The number of amides is 2. The van der Waals surface area contributed by atoms with Gasteiger partial charge in [-0.15, -0.1) is 0 Å². The maximum Gasteiger partial charge on any atom is 0.317 e. The third-order valence-corrected chi connectivity index (χ3v) is 5.33. The van der Waals surface area contributed by atoms with Crippen LogP contribution in [0.1, 0.15) is 17.5 Å². The summed E-state index contributed by atoms with van der Waals surface area (Å²) < 4.78 is 10.6. The number of carbonyl (C=O) groups excluding carboxylic acids is 1. The number of hydrogen-bond donors (Lipinski definition) is 1. The van der Waals surface area contributed by atoms with Gasteiger partial charge in [0, 0.05) is 32.7 Å². The topological polar surface area (TPSA) is 54.0 Å². The molecule has 6 nitrogen and oxygen atoms in total. The van der Waals surface area contributed by atoms with Gasteiger partial charge in [0.15, 0.2) is 11.5 Å². The van der Waals surface area contributed by atoms with Crippen molar-refractivity contribution in [1.29, 1.82) is 0 Å². The Kier molecular flexibility index (Phi) is 7.76. The summed E-state index contributed by atoms with van der Waals surface area (Å²) in [6.07, 6.45) is 2.25. The van der Waals surface area contributed by atoms with Crippen LogP contribution in [0, 0.1) is 0 Å². The van der Waals surface area contributed by atoms with Crippen LogP contribution in [0.2, 0.25) is 0 Å². The Hall–Kier alpha value is -2.73. The van der Waals surface area contributed by atoms with E-state index < -0.39 is 0 Å². The van der Waals surface area contributed by atoms with Crippen LogP contribution in [0.25, 0.3) is 0 Å². The SMILES string of the molecule is COc1ccc(CNC(=O)N2CCN(CCCc3ccccc3)CC2)cc1OC. The lowest BCUT2D eigenvalue weighted by Gasteiger charge is -2.34. The molecule has 1 aliphatic rings. The third-order valence-electron chi connectivity index (χ3n) is 5.33. The predicted molar refractivity (Wildman–Crippen MR) is 115 cm³/mol. The molecular formula is C23H31N3O3. The second-order valence-corrected chi connectivity index (χ2v) is 7.27. The van der Waals surface area contributed by atoms with Crippen LogP contribution in [0.4, 0.5) is 4.79 Å². The summed E-state index contributed by atoms with van der Waals surface area (Å²) >= 11 is 0. The van der Waals surface area contributed by atoms with E-state index in [1.165, 1.54) is 5.56 Å². The number of ether oxygens (including phenoxy) is 2. The van der Waals surface area contributed by atoms with Crippen LogP contribution in [0.15, 0.2) is 48.5 Å². The summed E-state index contributed by atoms with van der Waals surface area (Å²) in [5.41, 5.74) is 2.37. The van der Waals surface area contributed by atoms with Crippen LogP contribution in [0.3, 0.4) is 0 Å². The van der Waals surface area contributed by atoms with E-state index >= 15 is 0 Å². The molecule has 156 valence electrons. The summed E-state index contributed by atoms with van der Waals surface area (Å²) in [5.74, 6) is 1.36. The number of urea groups is 1. The molecule has 0 atom stereocenters. The molecule has 1 aliphatic heterocycles. The van der Waals surface area contributed by atoms with Crippen molar-refractivity contribution >= 4 is 6.03 Å². The van der Waals surface area contributed by atoms with Gasteiger partial charge in [0.1, 0.15) is 0 Å². The van der Waals surface area contributed by atoms with E-state index in [4.69, 9.17) is 9.47 Å². The van der Waals surface area contributed by atoms with Gasteiger partial charge in [-0.2, -0.15) is 0 Å². The summed E-state index contributed by atoms with van der Waals surface area (Å²) in [6.45, 7) is 4.94. The summed E-state index contributed by atoms with van der Waals surface area (Å²) in [7, 11) is 3.22. The smallest absolute Gasteiger partial charge is 0.317 e. The molecule has 1 N–H and O–H groups in total. The number of piperazine rings is 1. The first-order valence-electron chi connectivity index (χ1n) is 10.2. The minimum Gasteiger partial charge on any atom is -0.493 e. The zero-order valence-electron chi connectivity index (χ0n) is 17.4. The van der Waals surface area contributed by atoms with Crippen molar-refractivity contribution in [2.75, 3.05) is 46.9 Å². The standard InChI is InChI=1S/C23H31N3O3/c1-28-21-11-10-20(17-22(21)29-2)18-24-23(27)26-15-13-25(14-16-26)12-6-9-19-7-4-3-5-8-19/h3-5,7-8,10-11,17H,6,9,12-16,18H2,1-2H3,(H,24,27). The molecule has 0 aromatic heterocycles. The Balaban J connectivity index is 1.37. The molecule has 0 spiro atoms. The maximum atomic E-state index is 12.5. The lowest BCUT2D eigenvalue weighted by Crippen LogP contribution is -2.51. The maximum absolute atomic E-state index is 12.5. The molecule has 0 unspecified atom stereocenters. The predicted octanol–water partition coefficient (Wildman–Crippen LogP) is 3.16. The second kappa shape index (κ2) is 10.7. The minimum atomic E-state index is -0.0104. The van der Waals surface area contributed by atoms with Crippen molar-refractivity contribution in [3.63, 3.8) is 0 Å². The molecule has 0 radical (unpaired) electrons. The normalized spacial score (nSPS) is 14.5. The number of methoxy groups -OCH3 is 2. The summed E-state index contributed by atoms with van der Waals surface area (Å²) in [6, 6.07) is 16.3. The average Bonchev–Trinajstić information content (AvgIpc) is 2.78. The molecule has 2 amide bonds. The van der Waals surface area contributed by atoms with Crippen LogP contribution in [0.5, 0.6) is 11.5 Å². The monoisotopic (exact) mass is 397 g/mol. The van der Waals surface area contributed by atoms with Crippen LogP contribution < -0.4 is 14.8 Å². The van der Waals surface area contributed by atoms with E-state index in [0.29, 0.717) is 18.0 Å². The fourth-order valence-electron chi connectivity index (χ4n) is 3.61. The summed E-state index contributed by atoms with van der Waals surface area (Å²) in [5, 5.41) is 3.01. The van der Waals surface area contributed by atoms with Crippen molar-refractivity contribution in [2.24, 2.45) is 0 Å². The fraction of sp³-hybridized carbons (Fsp3) is 0.435. The zero-order valence-corrected chi connectivity index (χ0v) is 17.4. The van der Waals surface area contributed by atoms with Crippen LogP contribution >= 0.6 is 0 Å². The van der Waals surface area contributed by atoms with Gasteiger partial charge in [-0.1, -0.05) is 36.4 Å². The number of benzene rings is 2. The quantitative estimate of drug-likeness (QED) is 0.743. The van der Waals surface area contributed by atoms with Gasteiger partial charge >= 0.3 is 6.03 Å². The van der Waals surface area contributed by atoms with Gasteiger partial charge < -0.3 is 19.7 Å². The number of aryl methyl sites for hydroxylation is 1.